The summed E-state index contributed by atoms with van der Waals surface area (Å²) in [6.07, 6.45) is 2.74. The second kappa shape index (κ2) is 6.91. The van der Waals surface area contributed by atoms with Crippen molar-refractivity contribution in [2.45, 2.75) is 25.9 Å². The van der Waals surface area contributed by atoms with Gasteiger partial charge in [0, 0.05) is 24.8 Å². The standard InChI is InChI=1S/C16H20N2O2/c1-2-11-20-14-8-6-13(7-9-14)15(17)12-18-10-4-3-5-16(18)19/h3-10,15H,2,11-12,17H2,1H3. The van der Waals surface area contributed by atoms with E-state index in [1.807, 2.05) is 30.3 Å². The molecule has 0 amide bonds. The van der Waals surface area contributed by atoms with E-state index in [1.54, 1.807) is 16.8 Å². The summed E-state index contributed by atoms with van der Waals surface area (Å²) in [5, 5.41) is 0. The van der Waals surface area contributed by atoms with Gasteiger partial charge in [0.1, 0.15) is 5.75 Å². The minimum absolute atomic E-state index is 0.0363. The Labute approximate surface area is 118 Å². The van der Waals surface area contributed by atoms with Gasteiger partial charge < -0.3 is 15.0 Å². The van der Waals surface area contributed by atoms with Crippen molar-refractivity contribution < 1.29 is 4.74 Å². The van der Waals surface area contributed by atoms with Crippen molar-refractivity contribution in [3.63, 3.8) is 0 Å². The molecule has 2 aromatic rings. The molecule has 0 radical (unpaired) electrons. The molecule has 0 bridgehead atoms. The molecule has 0 spiro atoms. The Morgan fingerprint density at radius 1 is 1.20 bits per heavy atom. The second-order valence-electron chi connectivity index (χ2n) is 4.72. The van der Waals surface area contributed by atoms with E-state index in [0.717, 1.165) is 17.7 Å². The summed E-state index contributed by atoms with van der Waals surface area (Å²) in [7, 11) is 0. The van der Waals surface area contributed by atoms with Gasteiger partial charge >= 0.3 is 0 Å². The molecule has 0 aliphatic heterocycles. The molecule has 1 aromatic heterocycles. The third kappa shape index (κ3) is 3.71. The summed E-state index contributed by atoms with van der Waals surface area (Å²) in [4.78, 5) is 11.6. The number of hydrogen-bond donors (Lipinski definition) is 1. The fourth-order valence-electron chi connectivity index (χ4n) is 1.96. The third-order valence-electron chi connectivity index (χ3n) is 3.07. The highest BCUT2D eigenvalue weighted by atomic mass is 16.5. The first kappa shape index (κ1) is 14.3. The molecule has 2 N–H and O–H groups in total. The van der Waals surface area contributed by atoms with Crippen molar-refractivity contribution in [3.8, 4) is 5.75 Å². The maximum atomic E-state index is 11.6. The van der Waals surface area contributed by atoms with Crippen LogP contribution in [-0.2, 0) is 6.54 Å². The molecule has 20 heavy (non-hydrogen) atoms. The zero-order chi connectivity index (χ0) is 14.4. The first-order chi connectivity index (χ1) is 9.70. The van der Waals surface area contributed by atoms with Gasteiger partial charge in [-0.3, -0.25) is 4.79 Å². The normalized spacial score (nSPS) is 12.1. The summed E-state index contributed by atoms with van der Waals surface area (Å²) in [6, 6.07) is 12.6. The second-order valence-corrected chi connectivity index (χ2v) is 4.72. The molecule has 1 aromatic carbocycles. The summed E-state index contributed by atoms with van der Waals surface area (Å²) in [5.74, 6) is 0.847. The van der Waals surface area contributed by atoms with Crippen LogP contribution >= 0.6 is 0 Å². The molecule has 1 atom stereocenters. The van der Waals surface area contributed by atoms with Gasteiger partial charge in [-0.2, -0.15) is 0 Å². The van der Waals surface area contributed by atoms with Crippen molar-refractivity contribution in [1.29, 1.82) is 0 Å². The minimum Gasteiger partial charge on any atom is -0.494 e. The first-order valence-electron chi connectivity index (χ1n) is 6.84. The predicted octanol–water partition coefficient (Wildman–Crippen LogP) is 2.34. The van der Waals surface area contributed by atoms with Crippen LogP contribution in [0.2, 0.25) is 0 Å². The van der Waals surface area contributed by atoms with Crippen LogP contribution < -0.4 is 16.0 Å². The van der Waals surface area contributed by atoms with Crippen LogP contribution in [0.15, 0.2) is 53.5 Å². The van der Waals surface area contributed by atoms with Crippen LogP contribution in [0.4, 0.5) is 0 Å². The molecule has 0 fully saturated rings. The van der Waals surface area contributed by atoms with Gasteiger partial charge in [-0.25, -0.2) is 0 Å². The maximum absolute atomic E-state index is 11.6. The molecular formula is C16H20N2O2. The molecule has 4 nitrogen and oxygen atoms in total. The van der Waals surface area contributed by atoms with Gasteiger partial charge in [-0.05, 0) is 30.2 Å². The highest BCUT2D eigenvalue weighted by Gasteiger charge is 2.07. The Hall–Kier alpha value is -2.07. The lowest BCUT2D eigenvalue weighted by Crippen LogP contribution is -2.25. The van der Waals surface area contributed by atoms with Gasteiger partial charge in [-0.1, -0.05) is 25.1 Å². The molecule has 0 aliphatic carbocycles. The summed E-state index contributed by atoms with van der Waals surface area (Å²) < 4.78 is 7.15. The van der Waals surface area contributed by atoms with Gasteiger partial charge in [0.15, 0.2) is 0 Å². The average molecular weight is 272 g/mol. The van der Waals surface area contributed by atoms with E-state index >= 15 is 0 Å². The van der Waals surface area contributed by atoms with E-state index in [-0.39, 0.29) is 11.6 Å². The smallest absolute Gasteiger partial charge is 0.250 e. The largest absolute Gasteiger partial charge is 0.494 e. The van der Waals surface area contributed by atoms with Gasteiger partial charge in [0.2, 0.25) is 0 Å². The van der Waals surface area contributed by atoms with E-state index in [0.29, 0.717) is 13.2 Å². The minimum atomic E-state index is -0.213. The number of benzene rings is 1. The third-order valence-corrected chi connectivity index (χ3v) is 3.07. The topological polar surface area (TPSA) is 57.2 Å². The monoisotopic (exact) mass is 272 g/mol. The van der Waals surface area contributed by atoms with E-state index in [9.17, 15) is 4.79 Å². The fourth-order valence-corrected chi connectivity index (χ4v) is 1.96. The molecule has 0 saturated carbocycles. The fraction of sp³-hybridized carbons (Fsp3) is 0.312. The molecule has 4 heteroatoms. The van der Waals surface area contributed by atoms with Gasteiger partial charge in [0.05, 0.1) is 6.61 Å². The van der Waals surface area contributed by atoms with Crippen LogP contribution in [0.5, 0.6) is 5.75 Å². The molecule has 0 aliphatic rings. The number of aromatic nitrogens is 1. The predicted molar refractivity (Wildman–Crippen MR) is 79.9 cm³/mol. The lowest BCUT2D eigenvalue weighted by atomic mass is 10.1. The summed E-state index contributed by atoms with van der Waals surface area (Å²) in [6.45, 7) is 3.25. The van der Waals surface area contributed by atoms with Crippen LogP contribution in [0, 0.1) is 0 Å². The van der Waals surface area contributed by atoms with Crippen molar-refractivity contribution in [1.82, 2.24) is 4.57 Å². The van der Waals surface area contributed by atoms with E-state index in [1.165, 1.54) is 6.07 Å². The van der Waals surface area contributed by atoms with Crippen molar-refractivity contribution in [3.05, 3.63) is 64.6 Å². The Morgan fingerprint density at radius 2 is 1.95 bits per heavy atom. The van der Waals surface area contributed by atoms with Crippen molar-refractivity contribution in [2.24, 2.45) is 5.73 Å². The lowest BCUT2D eigenvalue weighted by molar-refractivity contribution is 0.317. The SMILES string of the molecule is CCCOc1ccc(C(N)Cn2ccccc2=O)cc1. The van der Waals surface area contributed by atoms with Crippen LogP contribution in [0.25, 0.3) is 0 Å². The van der Waals surface area contributed by atoms with Gasteiger partial charge in [0.25, 0.3) is 5.56 Å². The highest BCUT2D eigenvalue weighted by molar-refractivity contribution is 5.29. The van der Waals surface area contributed by atoms with Crippen LogP contribution in [0.1, 0.15) is 24.9 Å². The van der Waals surface area contributed by atoms with Crippen molar-refractivity contribution in [2.75, 3.05) is 6.61 Å². The molecule has 1 heterocycles. The van der Waals surface area contributed by atoms with E-state index in [4.69, 9.17) is 10.5 Å². The van der Waals surface area contributed by atoms with Gasteiger partial charge in [-0.15, -0.1) is 0 Å². The number of ether oxygens (including phenoxy) is 1. The molecular weight excluding hydrogens is 252 g/mol. The Morgan fingerprint density at radius 3 is 2.60 bits per heavy atom. The quantitative estimate of drug-likeness (QED) is 0.878. The zero-order valence-electron chi connectivity index (χ0n) is 11.7. The van der Waals surface area contributed by atoms with Crippen molar-refractivity contribution >= 4 is 0 Å². The maximum Gasteiger partial charge on any atom is 0.250 e. The molecule has 2 rings (SSSR count). The molecule has 1 unspecified atom stereocenters. The van der Waals surface area contributed by atoms with Crippen LogP contribution in [0.3, 0.4) is 0 Å². The number of pyridine rings is 1. The van der Waals surface area contributed by atoms with Crippen LogP contribution in [-0.4, -0.2) is 11.2 Å². The first-order valence-corrected chi connectivity index (χ1v) is 6.84. The zero-order valence-corrected chi connectivity index (χ0v) is 11.7. The number of nitrogens with zero attached hydrogens (tertiary/aromatic N) is 1. The summed E-state index contributed by atoms with van der Waals surface area (Å²) >= 11 is 0. The Balaban J connectivity index is 2.04. The number of nitrogens with two attached hydrogens (primary N) is 1. The average Bonchev–Trinajstić information content (AvgIpc) is 2.48. The number of rotatable bonds is 6. The van der Waals surface area contributed by atoms with E-state index in [2.05, 4.69) is 6.92 Å². The Kier molecular flexibility index (Phi) is 4.96. The Bertz CT molecular complexity index is 590. The lowest BCUT2D eigenvalue weighted by Gasteiger charge is -2.14. The number of hydrogen-bond acceptors (Lipinski definition) is 3. The summed E-state index contributed by atoms with van der Waals surface area (Å²) in [5.41, 5.74) is 7.10. The highest BCUT2D eigenvalue weighted by Crippen LogP contribution is 2.17. The van der Waals surface area contributed by atoms with E-state index < -0.39 is 0 Å². The molecule has 106 valence electrons. The molecule has 0 saturated heterocycles.